The minimum atomic E-state index is -0.0502. The van der Waals surface area contributed by atoms with Crippen molar-refractivity contribution in [3.8, 4) is 16.9 Å². The Balaban J connectivity index is 1.23. The van der Waals surface area contributed by atoms with E-state index in [0.29, 0.717) is 6.61 Å². The molecule has 1 fully saturated rings. The van der Waals surface area contributed by atoms with Crippen molar-refractivity contribution >= 4 is 5.78 Å². The van der Waals surface area contributed by atoms with Crippen LogP contribution < -0.4 is 4.74 Å². The average molecular weight is 1100 g/mol. The minimum Gasteiger partial charge on any atom is -0.493 e. The summed E-state index contributed by atoms with van der Waals surface area (Å²) in [7, 11) is 0. The lowest BCUT2D eigenvalue weighted by atomic mass is 9.83. The molecule has 5 nitrogen and oxygen atoms in total. The van der Waals surface area contributed by atoms with E-state index < -0.39 is 0 Å². The van der Waals surface area contributed by atoms with Gasteiger partial charge in [0.15, 0.2) is 5.78 Å². The van der Waals surface area contributed by atoms with Gasteiger partial charge in [0, 0.05) is 30.9 Å². The fraction of sp³-hybridized carbons (Fsp3) is 0.824. The van der Waals surface area contributed by atoms with Crippen molar-refractivity contribution in [3.63, 3.8) is 0 Å². The van der Waals surface area contributed by atoms with Gasteiger partial charge in [0.05, 0.1) is 18.8 Å². The second-order valence-electron chi connectivity index (χ2n) is 25.3. The van der Waals surface area contributed by atoms with E-state index in [4.69, 9.17) is 18.9 Å². The predicted molar refractivity (Wildman–Crippen MR) is 341 cm³/mol. The van der Waals surface area contributed by atoms with Gasteiger partial charge in [0.1, 0.15) is 11.9 Å². The Hall–Kier alpha value is -2.21. The van der Waals surface area contributed by atoms with Gasteiger partial charge in [0.25, 0.3) is 0 Å². The van der Waals surface area contributed by atoms with Crippen molar-refractivity contribution in [2.24, 2.45) is 5.92 Å². The number of carbonyl (C=O) groups excluding carboxylic acids is 1. The predicted octanol–water partition coefficient (Wildman–Crippen LogP) is 23.6. The van der Waals surface area contributed by atoms with Crippen LogP contribution in [-0.4, -0.2) is 50.5 Å². The third kappa shape index (κ3) is 33.0. The molecule has 1 saturated carbocycles. The van der Waals surface area contributed by atoms with Crippen molar-refractivity contribution in [2.75, 3.05) is 26.4 Å². The van der Waals surface area contributed by atoms with Crippen LogP contribution in [0.2, 0.25) is 0 Å². The Morgan fingerprint density at radius 3 is 0.962 bits per heavy atom. The van der Waals surface area contributed by atoms with Gasteiger partial charge in [-0.25, -0.2) is 0 Å². The van der Waals surface area contributed by atoms with Crippen molar-refractivity contribution in [3.05, 3.63) is 53.6 Å². The van der Waals surface area contributed by atoms with Crippen LogP contribution in [0.15, 0.2) is 42.5 Å². The van der Waals surface area contributed by atoms with Crippen molar-refractivity contribution in [2.45, 2.75) is 360 Å². The first kappa shape index (κ1) is 69.3. The summed E-state index contributed by atoms with van der Waals surface area (Å²) >= 11 is 0. The lowest BCUT2D eigenvalue weighted by Gasteiger charge is -2.41. The third-order valence-corrected chi connectivity index (χ3v) is 18.0. The lowest BCUT2D eigenvalue weighted by molar-refractivity contribution is -0.172. The van der Waals surface area contributed by atoms with Crippen molar-refractivity contribution in [1.29, 1.82) is 0 Å². The number of ketones is 1. The zero-order chi connectivity index (χ0) is 55.7. The quantitative estimate of drug-likeness (QED) is 0.0527. The maximum absolute atomic E-state index is 13.4. The molecule has 0 saturated heterocycles. The molecule has 79 heavy (non-hydrogen) atoms. The molecule has 0 N–H and O–H groups in total. The van der Waals surface area contributed by atoms with Crippen LogP contribution in [0.5, 0.6) is 5.75 Å². The highest BCUT2D eigenvalue weighted by molar-refractivity contribution is 6.21. The van der Waals surface area contributed by atoms with Crippen LogP contribution >= 0.6 is 0 Å². The first-order valence-electron chi connectivity index (χ1n) is 35.4. The number of unbranched alkanes of at least 4 members (excludes halogenated alkanes) is 45. The SMILES string of the molecule is CCCCCCCCCCCCCCCCCCOC1CC(COc2ccc3c(c2)C(=O)c2ccccc2-3)CC(OCCCCCCCCCCCCCCCCCC)C1OCCCCCCCCCCCCCCCCCC. The summed E-state index contributed by atoms with van der Waals surface area (Å²) in [5.41, 5.74) is 3.59. The van der Waals surface area contributed by atoms with Crippen molar-refractivity contribution < 1.29 is 23.7 Å². The van der Waals surface area contributed by atoms with Gasteiger partial charge in [-0.05, 0) is 67.3 Å². The number of rotatable bonds is 57. The molecule has 2 aliphatic rings. The molecule has 2 aliphatic carbocycles. The molecule has 2 aromatic carbocycles. The normalized spacial score (nSPS) is 17.0. The Bertz CT molecular complexity index is 1640. The topological polar surface area (TPSA) is 54.0 Å². The molecule has 454 valence electrons. The standard InChI is InChI=1S/C74H128O5/c1-4-7-10-13-16-19-22-25-28-31-34-37-40-43-46-51-58-76-71-61-65(64-79-66-56-57-68-67-54-49-50-55-69(67)73(75)70(68)63-66)62-72(77-59-52-47-44-41-38-35-32-29-26-23-20-17-14-11-8-5-2)74(71)78-60-53-48-45-42-39-36-33-30-27-24-21-18-15-12-9-6-3/h49-50,54-57,63,65,71-72,74H,4-48,51-53,58-62,64H2,1-3H3. The molecular weight excluding hydrogens is 969 g/mol. The Labute approximate surface area is 490 Å². The van der Waals surface area contributed by atoms with E-state index in [1.165, 1.54) is 289 Å². The summed E-state index contributed by atoms with van der Waals surface area (Å²) in [5, 5.41) is 0. The van der Waals surface area contributed by atoms with Gasteiger partial charge in [-0.2, -0.15) is 0 Å². The van der Waals surface area contributed by atoms with Crippen LogP contribution in [0.3, 0.4) is 0 Å². The molecule has 0 heterocycles. The number of benzene rings is 2. The van der Waals surface area contributed by atoms with Crippen LogP contribution in [-0.2, 0) is 14.2 Å². The maximum Gasteiger partial charge on any atom is 0.194 e. The molecule has 0 aliphatic heterocycles. The van der Waals surface area contributed by atoms with E-state index in [2.05, 4.69) is 39.0 Å². The van der Waals surface area contributed by atoms with Crippen LogP contribution in [0.4, 0.5) is 0 Å². The van der Waals surface area contributed by atoms with Gasteiger partial charge in [-0.1, -0.05) is 334 Å². The van der Waals surface area contributed by atoms with E-state index in [-0.39, 0.29) is 30.0 Å². The second kappa shape index (κ2) is 49.2. The van der Waals surface area contributed by atoms with E-state index in [1.807, 2.05) is 24.3 Å². The summed E-state index contributed by atoms with van der Waals surface area (Å²) in [4.78, 5) is 13.4. The van der Waals surface area contributed by atoms with E-state index in [9.17, 15) is 4.79 Å². The first-order chi connectivity index (χ1) is 39.2. The van der Waals surface area contributed by atoms with E-state index >= 15 is 0 Å². The second-order valence-corrected chi connectivity index (χ2v) is 25.3. The number of carbonyl (C=O) groups is 1. The van der Waals surface area contributed by atoms with Gasteiger partial charge < -0.3 is 18.9 Å². The maximum atomic E-state index is 13.4. The number of ether oxygens (including phenoxy) is 4. The molecule has 5 heteroatoms. The van der Waals surface area contributed by atoms with Gasteiger partial charge in [-0.15, -0.1) is 0 Å². The number of hydrogen-bond donors (Lipinski definition) is 0. The minimum absolute atomic E-state index is 0.00774. The lowest BCUT2D eigenvalue weighted by Crippen LogP contribution is -2.50. The molecule has 0 spiro atoms. The number of fused-ring (bicyclic) bond motifs is 3. The smallest absolute Gasteiger partial charge is 0.194 e. The molecule has 0 aromatic heterocycles. The van der Waals surface area contributed by atoms with Crippen LogP contribution in [0.1, 0.15) is 358 Å². The molecular formula is C74H128O5. The molecule has 4 rings (SSSR count). The van der Waals surface area contributed by atoms with Gasteiger partial charge in [-0.3, -0.25) is 4.79 Å². The summed E-state index contributed by atoms with van der Waals surface area (Å²) in [5.74, 6) is 1.16. The molecule has 2 atom stereocenters. The van der Waals surface area contributed by atoms with Gasteiger partial charge in [0.2, 0.25) is 0 Å². The number of hydrogen-bond acceptors (Lipinski definition) is 5. The fourth-order valence-corrected chi connectivity index (χ4v) is 12.9. The highest BCUT2D eigenvalue weighted by atomic mass is 16.6. The zero-order valence-corrected chi connectivity index (χ0v) is 52.6. The molecule has 0 amide bonds. The Morgan fingerprint density at radius 2 is 0.620 bits per heavy atom. The Morgan fingerprint density at radius 1 is 0.329 bits per heavy atom. The average Bonchev–Trinajstić information content (AvgIpc) is 3.91. The summed E-state index contributed by atoms with van der Waals surface area (Å²) in [6.45, 7) is 9.87. The molecule has 2 unspecified atom stereocenters. The highest BCUT2D eigenvalue weighted by Gasteiger charge is 2.40. The molecule has 2 aromatic rings. The van der Waals surface area contributed by atoms with Crippen LogP contribution in [0, 0.1) is 5.92 Å². The monoisotopic (exact) mass is 1100 g/mol. The summed E-state index contributed by atoms with van der Waals surface area (Å²) < 4.78 is 27.5. The van der Waals surface area contributed by atoms with Crippen LogP contribution in [0.25, 0.3) is 11.1 Å². The zero-order valence-electron chi connectivity index (χ0n) is 52.6. The van der Waals surface area contributed by atoms with Crippen molar-refractivity contribution in [1.82, 2.24) is 0 Å². The molecule has 0 bridgehead atoms. The first-order valence-corrected chi connectivity index (χ1v) is 35.4. The largest absolute Gasteiger partial charge is 0.493 e. The fourth-order valence-electron chi connectivity index (χ4n) is 12.9. The Kier molecular flexibility index (Phi) is 43.2. The van der Waals surface area contributed by atoms with E-state index in [0.717, 1.165) is 79.9 Å². The van der Waals surface area contributed by atoms with E-state index in [1.54, 1.807) is 0 Å². The molecule has 0 radical (unpaired) electrons. The highest BCUT2D eigenvalue weighted by Crippen LogP contribution is 2.39. The summed E-state index contributed by atoms with van der Waals surface area (Å²) in [6, 6.07) is 14.1. The third-order valence-electron chi connectivity index (χ3n) is 18.0. The summed E-state index contributed by atoms with van der Waals surface area (Å²) in [6.07, 6.45) is 67.7. The van der Waals surface area contributed by atoms with Gasteiger partial charge >= 0.3 is 0 Å².